The predicted octanol–water partition coefficient (Wildman–Crippen LogP) is 2.79. The van der Waals surface area contributed by atoms with Crippen LogP contribution in [0.5, 0.6) is 0 Å². The third-order valence-corrected chi connectivity index (χ3v) is 8.18. The molecular formula is C21H39N3O2. The van der Waals surface area contributed by atoms with Crippen LogP contribution >= 0.6 is 0 Å². The van der Waals surface area contributed by atoms with Crippen molar-refractivity contribution in [2.75, 3.05) is 39.8 Å². The van der Waals surface area contributed by atoms with E-state index >= 15 is 0 Å². The van der Waals surface area contributed by atoms with Crippen molar-refractivity contribution in [3.8, 4) is 0 Å². The topological polar surface area (TPSA) is 55.8 Å². The Hall–Kier alpha value is -0.810. The largest absolute Gasteiger partial charge is 0.396 e. The van der Waals surface area contributed by atoms with Gasteiger partial charge >= 0.3 is 6.03 Å². The number of likely N-dealkylation sites (N-methyl/N-ethyl adjacent to an activating group) is 1. The number of amides is 2. The third kappa shape index (κ3) is 3.49. The molecule has 0 aromatic carbocycles. The minimum Gasteiger partial charge on any atom is -0.396 e. The first kappa shape index (κ1) is 19.9. The van der Waals surface area contributed by atoms with Crippen LogP contribution in [0.3, 0.4) is 0 Å². The predicted molar refractivity (Wildman–Crippen MR) is 105 cm³/mol. The number of urea groups is 1. The van der Waals surface area contributed by atoms with Crippen LogP contribution in [0.25, 0.3) is 0 Å². The molecule has 2 aliphatic carbocycles. The number of hydrogen-bond acceptors (Lipinski definition) is 3. The summed E-state index contributed by atoms with van der Waals surface area (Å²) in [5.41, 5.74) is 0.461. The van der Waals surface area contributed by atoms with Gasteiger partial charge in [-0.2, -0.15) is 0 Å². The molecule has 3 aliphatic rings. The van der Waals surface area contributed by atoms with Crippen molar-refractivity contribution in [2.45, 2.75) is 59.4 Å². The number of fused-ring (bicyclic) bond motifs is 1. The zero-order valence-corrected chi connectivity index (χ0v) is 17.4. The average Bonchev–Trinajstić information content (AvgIpc) is 2.57. The van der Waals surface area contributed by atoms with Crippen molar-refractivity contribution < 1.29 is 9.90 Å². The maximum atomic E-state index is 12.8. The quantitative estimate of drug-likeness (QED) is 0.791. The van der Waals surface area contributed by atoms with Crippen molar-refractivity contribution in [1.29, 1.82) is 0 Å². The van der Waals surface area contributed by atoms with Crippen molar-refractivity contribution in [2.24, 2.45) is 28.6 Å². The van der Waals surface area contributed by atoms with Crippen molar-refractivity contribution in [3.05, 3.63) is 0 Å². The SMILES string of the molecule is C[C@@H]1[C@H](NC(=O)N2CCN(C)CC2)CC2C(C)(C)CCC[C@]2(C)[C@H]1CO. The fraction of sp³-hybridized carbons (Fsp3) is 0.952. The molecule has 0 radical (unpaired) electrons. The molecule has 26 heavy (non-hydrogen) atoms. The van der Waals surface area contributed by atoms with Gasteiger partial charge in [-0.25, -0.2) is 4.79 Å². The first-order valence-corrected chi connectivity index (χ1v) is 10.5. The zero-order chi connectivity index (χ0) is 19.1. The maximum absolute atomic E-state index is 12.8. The first-order chi connectivity index (χ1) is 12.2. The smallest absolute Gasteiger partial charge is 0.317 e. The molecule has 5 heteroatoms. The summed E-state index contributed by atoms with van der Waals surface area (Å²) in [6.45, 7) is 13.1. The second kappa shape index (κ2) is 7.31. The van der Waals surface area contributed by atoms with E-state index in [1.807, 2.05) is 4.90 Å². The van der Waals surface area contributed by atoms with Crippen LogP contribution < -0.4 is 5.32 Å². The minimum atomic E-state index is 0.0869. The monoisotopic (exact) mass is 365 g/mol. The Morgan fingerprint density at radius 1 is 1.15 bits per heavy atom. The lowest BCUT2D eigenvalue weighted by Gasteiger charge is -2.60. The number of aliphatic hydroxyl groups excluding tert-OH is 1. The number of carbonyl (C=O) groups excluding carboxylic acids is 1. The van der Waals surface area contributed by atoms with Gasteiger partial charge in [0.15, 0.2) is 0 Å². The molecule has 5 nitrogen and oxygen atoms in total. The molecular weight excluding hydrogens is 326 g/mol. The summed E-state index contributed by atoms with van der Waals surface area (Å²) in [7, 11) is 2.11. The molecule has 1 saturated heterocycles. The van der Waals surface area contributed by atoms with Gasteiger partial charge in [0.2, 0.25) is 0 Å². The van der Waals surface area contributed by atoms with Gasteiger partial charge in [-0.05, 0) is 54.9 Å². The van der Waals surface area contributed by atoms with Crippen LogP contribution in [-0.2, 0) is 0 Å². The van der Waals surface area contributed by atoms with Crippen LogP contribution in [-0.4, -0.2) is 66.8 Å². The molecule has 3 fully saturated rings. The van der Waals surface area contributed by atoms with E-state index in [2.05, 4.69) is 45.0 Å². The Balaban J connectivity index is 1.75. The summed E-state index contributed by atoms with van der Waals surface area (Å²) in [4.78, 5) is 17.1. The minimum absolute atomic E-state index is 0.0869. The number of piperazine rings is 1. The van der Waals surface area contributed by atoms with Crippen LogP contribution in [0.4, 0.5) is 4.79 Å². The Kier molecular flexibility index (Phi) is 5.60. The van der Waals surface area contributed by atoms with Crippen molar-refractivity contribution in [3.63, 3.8) is 0 Å². The molecule has 1 aliphatic heterocycles. The molecule has 1 heterocycles. The summed E-state index contributed by atoms with van der Waals surface area (Å²) >= 11 is 0. The molecule has 150 valence electrons. The van der Waals surface area contributed by atoms with E-state index in [1.54, 1.807) is 0 Å². The molecule has 0 aromatic rings. The van der Waals surface area contributed by atoms with Gasteiger partial charge in [0.05, 0.1) is 0 Å². The van der Waals surface area contributed by atoms with E-state index in [0.717, 1.165) is 32.6 Å². The van der Waals surface area contributed by atoms with Crippen LogP contribution in [0.2, 0.25) is 0 Å². The van der Waals surface area contributed by atoms with E-state index in [1.165, 1.54) is 19.3 Å². The Morgan fingerprint density at radius 3 is 2.42 bits per heavy atom. The van der Waals surface area contributed by atoms with Crippen molar-refractivity contribution >= 4 is 6.03 Å². The van der Waals surface area contributed by atoms with Gasteiger partial charge in [0.25, 0.3) is 0 Å². The summed E-state index contributed by atoms with van der Waals surface area (Å²) in [6, 6.07) is 0.249. The van der Waals surface area contributed by atoms with Gasteiger partial charge in [0.1, 0.15) is 0 Å². The van der Waals surface area contributed by atoms with Gasteiger partial charge in [0, 0.05) is 38.8 Å². The summed E-state index contributed by atoms with van der Waals surface area (Å²) in [6.07, 6.45) is 4.75. The lowest BCUT2D eigenvalue weighted by Crippen LogP contribution is -2.61. The van der Waals surface area contributed by atoms with Gasteiger partial charge in [-0.15, -0.1) is 0 Å². The number of hydrogen-bond donors (Lipinski definition) is 2. The standard InChI is InChI=1S/C21H39N3O2/c1-15-16(14-25)21(4)8-6-7-20(2,3)18(21)13-17(15)22-19(26)24-11-9-23(5)10-12-24/h15-18,25H,6-14H2,1-5H3,(H,22,26)/t15-,16-,17+,18?,21+/m0/s1. The molecule has 2 amide bonds. The summed E-state index contributed by atoms with van der Waals surface area (Å²) in [5, 5.41) is 13.6. The highest BCUT2D eigenvalue weighted by Crippen LogP contribution is 2.60. The van der Waals surface area contributed by atoms with E-state index in [9.17, 15) is 9.90 Å². The highest BCUT2D eigenvalue weighted by atomic mass is 16.3. The van der Waals surface area contributed by atoms with E-state index < -0.39 is 0 Å². The Labute approximate surface area is 159 Å². The van der Waals surface area contributed by atoms with Gasteiger partial charge in [-0.1, -0.05) is 34.1 Å². The molecule has 2 saturated carbocycles. The van der Waals surface area contributed by atoms with E-state index in [-0.39, 0.29) is 35.4 Å². The first-order valence-electron chi connectivity index (χ1n) is 10.5. The second-order valence-electron chi connectivity index (χ2n) is 10.1. The lowest BCUT2D eigenvalue weighted by molar-refractivity contribution is -0.118. The normalized spacial score (nSPS) is 40.8. The second-order valence-corrected chi connectivity index (χ2v) is 10.1. The number of nitrogens with zero attached hydrogens (tertiary/aromatic N) is 2. The van der Waals surface area contributed by atoms with Crippen LogP contribution in [0, 0.1) is 28.6 Å². The molecule has 5 atom stereocenters. The lowest BCUT2D eigenvalue weighted by atomic mass is 9.46. The molecule has 1 unspecified atom stereocenters. The van der Waals surface area contributed by atoms with Crippen LogP contribution in [0.1, 0.15) is 53.4 Å². The van der Waals surface area contributed by atoms with E-state index in [4.69, 9.17) is 0 Å². The summed E-state index contributed by atoms with van der Waals surface area (Å²) < 4.78 is 0. The average molecular weight is 366 g/mol. The molecule has 0 aromatic heterocycles. The Bertz CT molecular complexity index is 515. The molecule has 3 rings (SSSR count). The number of rotatable bonds is 2. The third-order valence-electron chi connectivity index (χ3n) is 8.18. The number of aliphatic hydroxyl groups is 1. The van der Waals surface area contributed by atoms with Crippen LogP contribution in [0.15, 0.2) is 0 Å². The number of nitrogens with one attached hydrogen (secondary N) is 1. The van der Waals surface area contributed by atoms with Crippen molar-refractivity contribution in [1.82, 2.24) is 15.1 Å². The van der Waals surface area contributed by atoms with Gasteiger partial charge < -0.3 is 20.2 Å². The zero-order valence-electron chi connectivity index (χ0n) is 17.4. The van der Waals surface area contributed by atoms with Gasteiger partial charge in [-0.3, -0.25) is 0 Å². The number of carbonyl (C=O) groups is 1. The molecule has 0 bridgehead atoms. The molecule has 2 N–H and O–H groups in total. The molecule has 0 spiro atoms. The highest BCUT2D eigenvalue weighted by molar-refractivity contribution is 5.74. The fourth-order valence-corrected chi connectivity index (χ4v) is 6.37. The summed E-state index contributed by atoms with van der Waals surface area (Å²) in [5.74, 6) is 1.13. The van der Waals surface area contributed by atoms with E-state index in [0.29, 0.717) is 11.8 Å². The Morgan fingerprint density at radius 2 is 1.81 bits per heavy atom. The fourth-order valence-electron chi connectivity index (χ4n) is 6.37. The maximum Gasteiger partial charge on any atom is 0.317 e. The highest BCUT2D eigenvalue weighted by Gasteiger charge is 2.56.